The molecule has 2 atom stereocenters. The number of primary amides is 1. The van der Waals surface area contributed by atoms with Gasteiger partial charge < -0.3 is 25.4 Å². The Hall–Kier alpha value is -3.25. The monoisotopic (exact) mass is 580 g/mol. The zero-order valence-electron chi connectivity index (χ0n) is 23.4. The van der Waals surface area contributed by atoms with Gasteiger partial charge in [0.25, 0.3) is 5.91 Å². The first-order valence-electron chi connectivity index (χ1n) is 13.6. The number of aliphatic hydroxyl groups excluding tert-OH is 1. The Balaban J connectivity index is 1.32. The van der Waals surface area contributed by atoms with E-state index in [0.717, 1.165) is 17.7 Å². The number of nitrogens with two attached hydrogens (primary N) is 1. The number of aromatic nitrogens is 1. The molecule has 2 aliphatic rings. The number of benzene rings is 1. The molecule has 0 bridgehead atoms. The number of β-amino-alcohol motifs (C(OH)–C–C–N with tert-alkyl or cyclic N) is 1. The van der Waals surface area contributed by atoms with Gasteiger partial charge >= 0.3 is 6.18 Å². The van der Waals surface area contributed by atoms with E-state index in [9.17, 15) is 27.9 Å². The van der Waals surface area contributed by atoms with Crippen LogP contribution < -0.4 is 10.5 Å². The number of likely N-dealkylation sites (tertiary alicyclic amines) is 2. The van der Waals surface area contributed by atoms with Crippen molar-refractivity contribution in [3.8, 4) is 17.0 Å². The molecular formula is C29H36F4N4O4. The molecule has 3 N–H and O–H groups in total. The molecule has 4 rings (SSSR count). The molecule has 8 nitrogen and oxygen atoms in total. The summed E-state index contributed by atoms with van der Waals surface area (Å²) in [5.74, 6) is -1.72. The van der Waals surface area contributed by atoms with E-state index in [1.165, 1.54) is 39.1 Å². The van der Waals surface area contributed by atoms with Crippen molar-refractivity contribution in [2.75, 3.05) is 32.8 Å². The number of rotatable bonds is 8. The maximum Gasteiger partial charge on any atom is 0.395 e. The van der Waals surface area contributed by atoms with Gasteiger partial charge in [-0.2, -0.15) is 13.2 Å². The van der Waals surface area contributed by atoms with Crippen LogP contribution in [-0.2, 0) is 4.79 Å². The number of hydrogen-bond acceptors (Lipinski definition) is 6. The van der Waals surface area contributed by atoms with Crippen molar-refractivity contribution in [3.63, 3.8) is 0 Å². The summed E-state index contributed by atoms with van der Waals surface area (Å²) in [7, 11) is 0. The zero-order chi connectivity index (χ0) is 30.2. The zero-order valence-corrected chi connectivity index (χ0v) is 23.4. The van der Waals surface area contributed by atoms with E-state index in [1.807, 2.05) is 4.90 Å². The van der Waals surface area contributed by atoms with Crippen molar-refractivity contribution in [2.45, 2.75) is 57.9 Å². The van der Waals surface area contributed by atoms with Crippen LogP contribution in [0.15, 0.2) is 36.5 Å². The van der Waals surface area contributed by atoms with E-state index < -0.39 is 40.9 Å². The van der Waals surface area contributed by atoms with Gasteiger partial charge in [0.05, 0.1) is 23.7 Å². The van der Waals surface area contributed by atoms with Crippen molar-refractivity contribution in [1.82, 2.24) is 14.8 Å². The lowest BCUT2D eigenvalue weighted by atomic mass is 9.89. The Morgan fingerprint density at radius 1 is 1.15 bits per heavy atom. The molecule has 2 amide bonds. The standard InChI is InChI=1S/C29H36F4N4O4/c1-27(2,29(31,32)33)17-36-10-8-18(9-11-36)16-41-24-7-5-20(14-35-24)19-4-6-22(23(30)12-19)25(39)37-15-21(38)13-28(37,3)26(34)40/h4-7,12,14,18,21,38H,8-11,13,15-17H2,1-3H3,(H2,34,40). The average molecular weight is 581 g/mol. The molecule has 2 aromatic rings. The molecule has 2 unspecified atom stereocenters. The van der Waals surface area contributed by atoms with Gasteiger partial charge in [0.2, 0.25) is 11.8 Å². The Kier molecular flexibility index (Phi) is 8.65. The van der Waals surface area contributed by atoms with Crippen LogP contribution in [0.2, 0.25) is 0 Å². The van der Waals surface area contributed by atoms with E-state index in [2.05, 4.69) is 4.98 Å². The molecular weight excluding hydrogens is 544 g/mol. The van der Waals surface area contributed by atoms with Crippen LogP contribution in [0.1, 0.15) is 50.4 Å². The minimum absolute atomic E-state index is 0.0205. The number of nitrogens with zero attached hydrogens (tertiary/aromatic N) is 3. The number of carbonyl (C=O) groups is 2. The second-order valence-electron chi connectivity index (χ2n) is 11.9. The van der Waals surface area contributed by atoms with Gasteiger partial charge in [-0.05, 0) is 76.4 Å². The van der Waals surface area contributed by atoms with Crippen molar-refractivity contribution in [1.29, 1.82) is 0 Å². The molecule has 2 fully saturated rings. The lowest BCUT2D eigenvalue weighted by Crippen LogP contribution is -2.54. The molecule has 2 saturated heterocycles. The number of amides is 2. The second-order valence-corrected chi connectivity index (χ2v) is 11.9. The average Bonchev–Trinajstić information content (AvgIpc) is 3.22. The van der Waals surface area contributed by atoms with Crippen molar-refractivity contribution in [3.05, 3.63) is 47.9 Å². The lowest BCUT2D eigenvalue weighted by Gasteiger charge is -2.38. The summed E-state index contributed by atoms with van der Waals surface area (Å²) in [4.78, 5) is 32.2. The molecule has 41 heavy (non-hydrogen) atoms. The van der Waals surface area contributed by atoms with Crippen molar-refractivity contribution in [2.24, 2.45) is 17.1 Å². The normalized spacial score (nSPS) is 22.6. The highest BCUT2D eigenvalue weighted by atomic mass is 19.4. The predicted octanol–water partition coefficient (Wildman–Crippen LogP) is 4.02. The summed E-state index contributed by atoms with van der Waals surface area (Å²) in [5, 5.41) is 10.00. The number of hydrogen-bond donors (Lipinski definition) is 2. The van der Waals surface area contributed by atoms with E-state index in [4.69, 9.17) is 10.5 Å². The first-order valence-corrected chi connectivity index (χ1v) is 13.6. The lowest BCUT2D eigenvalue weighted by molar-refractivity contribution is -0.217. The van der Waals surface area contributed by atoms with Crippen LogP contribution >= 0.6 is 0 Å². The number of alkyl halides is 3. The van der Waals surface area contributed by atoms with Gasteiger partial charge in [-0.3, -0.25) is 9.59 Å². The highest BCUT2D eigenvalue weighted by molar-refractivity contribution is 5.99. The highest BCUT2D eigenvalue weighted by Crippen LogP contribution is 2.39. The fraction of sp³-hybridized carbons (Fsp3) is 0.552. The molecule has 12 heteroatoms. The summed E-state index contributed by atoms with van der Waals surface area (Å²) in [5.41, 5.74) is 3.12. The van der Waals surface area contributed by atoms with Gasteiger partial charge in [-0.25, -0.2) is 9.37 Å². The second kappa shape index (κ2) is 11.6. The van der Waals surface area contributed by atoms with Gasteiger partial charge in [-0.15, -0.1) is 0 Å². The summed E-state index contributed by atoms with van der Waals surface area (Å²) >= 11 is 0. The number of ether oxygens (including phenoxy) is 1. The fourth-order valence-electron chi connectivity index (χ4n) is 5.40. The third kappa shape index (κ3) is 6.64. The first kappa shape index (κ1) is 30.7. The van der Waals surface area contributed by atoms with Crippen LogP contribution in [0.4, 0.5) is 17.6 Å². The topological polar surface area (TPSA) is 109 Å². The molecule has 224 valence electrons. The third-order valence-electron chi connectivity index (χ3n) is 8.23. The summed E-state index contributed by atoms with van der Waals surface area (Å²) < 4.78 is 60.4. The van der Waals surface area contributed by atoms with Crippen LogP contribution in [0, 0.1) is 17.2 Å². The Labute approximate surface area is 236 Å². The molecule has 0 radical (unpaired) electrons. The Morgan fingerprint density at radius 3 is 2.37 bits per heavy atom. The minimum atomic E-state index is -4.25. The number of pyridine rings is 1. The maximum absolute atomic E-state index is 15.0. The number of halogens is 4. The fourth-order valence-corrected chi connectivity index (χ4v) is 5.40. The predicted molar refractivity (Wildman–Crippen MR) is 143 cm³/mol. The summed E-state index contributed by atoms with van der Waals surface area (Å²) in [6.07, 6.45) is -2.23. The molecule has 0 saturated carbocycles. The Morgan fingerprint density at radius 2 is 1.80 bits per heavy atom. The van der Waals surface area contributed by atoms with Crippen LogP contribution in [0.5, 0.6) is 5.88 Å². The first-order chi connectivity index (χ1) is 19.1. The highest BCUT2D eigenvalue weighted by Gasteiger charge is 2.49. The van der Waals surface area contributed by atoms with Gasteiger partial charge in [0.1, 0.15) is 11.4 Å². The van der Waals surface area contributed by atoms with Gasteiger partial charge in [-0.1, -0.05) is 6.07 Å². The SMILES string of the molecule is CC1(C(N)=O)CC(O)CN1C(=O)c1ccc(-c2ccc(OCC3CCN(CC(C)(C)C(F)(F)F)CC3)nc2)cc1F. The molecule has 1 aromatic heterocycles. The Bertz CT molecular complexity index is 1260. The van der Waals surface area contributed by atoms with E-state index in [1.54, 1.807) is 18.2 Å². The van der Waals surface area contributed by atoms with Crippen LogP contribution in [0.3, 0.4) is 0 Å². The van der Waals surface area contributed by atoms with Crippen molar-refractivity contribution >= 4 is 11.8 Å². The van der Waals surface area contributed by atoms with Gasteiger partial charge in [0.15, 0.2) is 0 Å². The summed E-state index contributed by atoms with van der Waals surface area (Å²) in [6, 6.07) is 7.45. The molecule has 0 aliphatic carbocycles. The third-order valence-corrected chi connectivity index (χ3v) is 8.23. The number of carbonyl (C=O) groups excluding carboxylic acids is 2. The maximum atomic E-state index is 15.0. The van der Waals surface area contributed by atoms with E-state index >= 15 is 4.39 Å². The van der Waals surface area contributed by atoms with Crippen molar-refractivity contribution < 1.29 is 37.0 Å². The number of aliphatic hydroxyl groups is 1. The molecule has 2 aliphatic heterocycles. The minimum Gasteiger partial charge on any atom is -0.477 e. The van der Waals surface area contributed by atoms with E-state index in [-0.39, 0.29) is 31.0 Å². The largest absolute Gasteiger partial charge is 0.477 e. The molecule has 1 aromatic carbocycles. The van der Waals surface area contributed by atoms with Crippen LogP contribution in [0.25, 0.3) is 11.1 Å². The van der Waals surface area contributed by atoms with Crippen LogP contribution in [-0.4, -0.2) is 82.3 Å². The van der Waals surface area contributed by atoms with Gasteiger partial charge in [0, 0.05) is 37.3 Å². The van der Waals surface area contributed by atoms with E-state index in [0.29, 0.717) is 36.7 Å². The smallest absolute Gasteiger partial charge is 0.395 e. The summed E-state index contributed by atoms with van der Waals surface area (Å²) in [6.45, 7) is 5.28. The number of piperidine rings is 1. The molecule has 0 spiro atoms. The quantitative estimate of drug-likeness (QED) is 0.457. The molecule has 3 heterocycles.